The second kappa shape index (κ2) is 5.90. The summed E-state index contributed by atoms with van der Waals surface area (Å²) >= 11 is 15.2. The van der Waals surface area contributed by atoms with E-state index in [1.54, 1.807) is 37.2 Å². The largest absolute Gasteiger partial charge is 0.423 e. The minimum absolute atomic E-state index is 0.0573. The smallest absolute Gasteiger partial charge is 0.328 e. The second-order valence-corrected chi connectivity index (χ2v) is 5.42. The summed E-state index contributed by atoms with van der Waals surface area (Å²) < 4.78 is 6.36. The molecule has 0 aliphatic carbocycles. The van der Waals surface area contributed by atoms with Crippen molar-refractivity contribution in [3.63, 3.8) is 0 Å². The van der Waals surface area contributed by atoms with Gasteiger partial charge >= 0.3 is 6.01 Å². The highest BCUT2D eigenvalue weighted by atomic mass is 79.9. The van der Waals surface area contributed by atoms with Gasteiger partial charge in [-0.15, -0.1) is 0 Å². The molecule has 0 aliphatic rings. The lowest BCUT2D eigenvalue weighted by Crippen LogP contribution is -2.13. The lowest BCUT2D eigenvalue weighted by atomic mass is 10.3. The van der Waals surface area contributed by atoms with Gasteiger partial charge in [0.2, 0.25) is 11.2 Å². The van der Waals surface area contributed by atoms with Crippen molar-refractivity contribution in [3.8, 4) is 11.8 Å². The van der Waals surface area contributed by atoms with Gasteiger partial charge in [0.15, 0.2) is 0 Å². The van der Waals surface area contributed by atoms with Crippen LogP contribution in [0.1, 0.15) is 0 Å². The molecule has 2 aromatic rings. The Morgan fingerprint density at radius 2 is 1.89 bits per heavy atom. The molecule has 100 valence electrons. The maximum atomic E-state index is 6.05. The van der Waals surface area contributed by atoms with Crippen LogP contribution in [-0.4, -0.2) is 29.0 Å². The lowest BCUT2D eigenvalue weighted by molar-refractivity contribution is 0.440. The summed E-state index contributed by atoms with van der Waals surface area (Å²) in [5, 5.41) is 0.499. The van der Waals surface area contributed by atoms with Crippen LogP contribution in [0, 0.1) is 0 Å². The van der Waals surface area contributed by atoms with Crippen molar-refractivity contribution in [1.82, 2.24) is 15.0 Å². The van der Waals surface area contributed by atoms with E-state index in [4.69, 9.17) is 27.9 Å². The van der Waals surface area contributed by atoms with Gasteiger partial charge in [0.05, 0.1) is 5.02 Å². The quantitative estimate of drug-likeness (QED) is 0.830. The van der Waals surface area contributed by atoms with E-state index < -0.39 is 0 Å². The SMILES string of the molecule is CN(C)c1nc(Cl)nc(Oc2ccc(Br)cc2Cl)n1. The molecule has 0 radical (unpaired) electrons. The predicted molar refractivity (Wildman–Crippen MR) is 78.4 cm³/mol. The molecule has 0 saturated heterocycles. The summed E-state index contributed by atoms with van der Waals surface area (Å²) in [5.74, 6) is 0.847. The minimum Gasteiger partial charge on any atom is -0.423 e. The molecular formula is C11H9BrCl2N4O. The van der Waals surface area contributed by atoms with E-state index in [0.717, 1.165) is 4.47 Å². The Bertz CT molecular complexity index is 609. The molecule has 8 heteroatoms. The zero-order valence-corrected chi connectivity index (χ0v) is 13.2. The summed E-state index contributed by atoms with van der Waals surface area (Å²) in [5.41, 5.74) is 0. The Hall–Kier alpha value is -1.11. The van der Waals surface area contributed by atoms with Crippen molar-refractivity contribution in [1.29, 1.82) is 0 Å². The van der Waals surface area contributed by atoms with Crippen LogP contribution < -0.4 is 9.64 Å². The highest BCUT2D eigenvalue weighted by molar-refractivity contribution is 9.10. The third-order valence-electron chi connectivity index (χ3n) is 2.07. The molecular weight excluding hydrogens is 355 g/mol. The van der Waals surface area contributed by atoms with Crippen LogP contribution in [0.25, 0.3) is 0 Å². The van der Waals surface area contributed by atoms with E-state index in [1.165, 1.54) is 0 Å². The number of hydrogen-bond donors (Lipinski definition) is 0. The van der Waals surface area contributed by atoms with Gasteiger partial charge in [-0.2, -0.15) is 15.0 Å². The Morgan fingerprint density at radius 1 is 1.16 bits per heavy atom. The predicted octanol–water partition coefficient (Wildman–Crippen LogP) is 3.80. The van der Waals surface area contributed by atoms with Crippen molar-refractivity contribution >= 4 is 45.1 Å². The molecule has 0 spiro atoms. The molecule has 1 heterocycles. The summed E-state index contributed by atoms with van der Waals surface area (Å²) in [4.78, 5) is 13.7. The van der Waals surface area contributed by atoms with E-state index >= 15 is 0 Å². The monoisotopic (exact) mass is 362 g/mol. The average Bonchev–Trinajstić information content (AvgIpc) is 2.32. The van der Waals surface area contributed by atoms with Gasteiger partial charge in [-0.3, -0.25) is 0 Å². The van der Waals surface area contributed by atoms with Crippen molar-refractivity contribution in [2.45, 2.75) is 0 Å². The fourth-order valence-electron chi connectivity index (χ4n) is 1.22. The van der Waals surface area contributed by atoms with Crippen LogP contribution in [0.5, 0.6) is 11.8 Å². The van der Waals surface area contributed by atoms with E-state index in [0.29, 0.717) is 16.7 Å². The van der Waals surface area contributed by atoms with Gasteiger partial charge in [0, 0.05) is 18.6 Å². The van der Waals surface area contributed by atoms with Crippen molar-refractivity contribution < 1.29 is 4.74 Å². The van der Waals surface area contributed by atoms with E-state index in [9.17, 15) is 0 Å². The summed E-state index contributed by atoms with van der Waals surface area (Å²) in [6, 6.07) is 5.32. The second-order valence-electron chi connectivity index (χ2n) is 3.76. The van der Waals surface area contributed by atoms with Gasteiger partial charge in [-0.05, 0) is 29.8 Å². The van der Waals surface area contributed by atoms with Gasteiger partial charge in [0.25, 0.3) is 0 Å². The minimum atomic E-state index is 0.0573. The number of rotatable bonds is 3. The zero-order valence-electron chi connectivity index (χ0n) is 10.1. The average molecular weight is 364 g/mol. The molecule has 0 bridgehead atoms. The topological polar surface area (TPSA) is 51.1 Å². The Morgan fingerprint density at radius 3 is 2.53 bits per heavy atom. The standard InChI is InChI=1S/C11H9BrCl2N4O/c1-18(2)10-15-9(14)16-11(17-10)19-8-4-3-6(12)5-7(8)13/h3-5H,1-2H3. The first-order valence-electron chi connectivity index (χ1n) is 5.17. The van der Waals surface area contributed by atoms with Gasteiger partial charge in [-0.25, -0.2) is 0 Å². The van der Waals surface area contributed by atoms with Gasteiger partial charge in [0.1, 0.15) is 5.75 Å². The summed E-state index contributed by atoms with van der Waals surface area (Å²) in [7, 11) is 3.59. The maximum Gasteiger partial charge on any atom is 0.328 e. The highest BCUT2D eigenvalue weighted by Gasteiger charge is 2.10. The van der Waals surface area contributed by atoms with Crippen LogP contribution in [0.2, 0.25) is 10.3 Å². The van der Waals surface area contributed by atoms with Crippen LogP contribution in [0.4, 0.5) is 5.95 Å². The number of aromatic nitrogens is 3. The number of ether oxygens (including phenoxy) is 1. The van der Waals surface area contributed by atoms with Crippen LogP contribution in [0.15, 0.2) is 22.7 Å². The molecule has 0 atom stereocenters. The van der Waals surface area contributed by atoms with Crippen molar-refractivity contribution in [2.24, 2.45) is 0 Å². The zero-order chi connectivity index (χ0) is 14.0. The van der Waals surface area contributed by atoms with Crippen LogP contribution in [-0.2, 0) is 0 Å². The number of benzene rings is 1. The fraction of sp³-hybridized carbons (Fsp3) is 0.182. The van der Waals surface area contributed by atoms with Gasteiger partial charge in [-0.1, -0.05) is 27.5 Å². The Balaban J connectivity index is 2.32. The Kier molecular flexibility index (Phi) is 4.44. The number of anilines is 1. The summed E-state index contributed by atoms with van der Waals surface area (Å²) in [6.07, 6.45) is 0. The van der Waals surface area contributed by atoms with E-state index in [2.05, 4.69) is 30.9 Å². The first-order valence-corrected chi connectivity index (χ1v) is 6.72. The molecule has 0 fully saturated rings. The molecule has 0 unspecified atom stereocenters. The molecule has 19 heavy (non-hydrogen) atoms. The molecule has 5 nitrogen and oxygen atoms in total. The first-order chi connectivity index (χ1) is 8.95. The first kappa shape index (κ1) is 14.3. The fourth-order valence-corrected chi connectivity index (χ4v) is 2.08. The number of halogens is 3. The molecule has 0 N–H and O–H groups in total. The molecule has 0 aliphatic heterocycles. The highest BCUT2D eigenvalue weighted by Crippen LogP contribution is 2.30. The van der Waals surface area contributed by atoms with Crippen molar-refractivity contribution in [3.05, 3.63) is 33.0 Å². The lowest BCUT2D eigenvalue weighted by Gasteiger charge is -2.11. The van der Waals surface area contributed by atoms with Crippen LogP contribution in [0.3, 0.4) is 0 Å². The third-order valence-corrected chi connectivity index (χ3v) is 3.03. The molecule has 0 saturated carbocycles. The third kappa shape index (κ3) is 3.68. The Labute approximate surface area is 128 Å². The molecule has 0 amide bonds. The normalized spacial score (nSPS) is 10.4. The number of hydrogen-bond acceptors (Lipinski definition) is 5. The van der Waals surface area contributed by atoms with E-state index in [-0.39, 0.29) is 11.3 Å². The number of nitrogens with zero attached hydrogens (tertiary/aromatic N) is 4. The summed E-state index contributed by atoms with van der Waals surface area (Å²) in [6.45, 7) is 0. The van der Waals surface area contributed by atoms with Gasteiger partial charge < -0.3 is 9.64 Å². The van der Waals surface area contributed by atoms with Crippen LogP contribution >= 0.6 is 39.1 Å². The van der Waals surface area contributed by atoms with Crippen molar-refractivity contribution in [2.75, 3.05) is 19.0 Å². The van der Waals surface area contributed by atoms with E-state index in [1.807, 2.05) is 0 Å². The maximum absolute atomic E-state index is 6.05. The molecule has 2 rings (SSSR count). The molecule has 1 aromatic heterocycles. The molecule has 1 aromatic carbocycles.